The molecule has 1 fully saturated rings. The molecule has 4 amide bonds. The van der Waals surface area contributed by atoms with Crippen molar-refractivity contribution in [3.8, 4) is 11.8 Å². The van der Waals surface area contributed by atoms with Gasteiger partial charge in [-0.25, -0.2) is 14.5 Å². The number of urea groups is 1. The van der Waals surface area contributed by atoms with Crippen LogP contribution in [-0.4, -0.2) is 44.1 Å². The number of carbonyl (C=O) groups is 3. The molecule has 0 aliphatic carbocycles. The molecule has 0 spiro atoms. The van der Waals surface area contributed by atoms with Gasteiger partial charge in [-0.15, -0.1) is 0 Å². The van der Waals surface area contributed by atoms with E-state index in [2.05, 4.69) is 20.7 Å². The highest BCUT2D eigenvalue weighted by Crippen LogP contribution is 2.29. The molecule has 160 valence electrons. The highest BCUT2D eigenvalue weighted by atomic mass is 35.5. The molecule has 1 saturated heterocycles. The van der Waals surface area contributed by atoms with Crippen LogP contribution in [0.4, 0.5) is 10.5 Å². The van der Waals surface area contributed by atoms with E-state index in [0.29, 0.717) is 27.5 Å². The molecule has 2 aromatic carbocycles. The smallest absolute Gasteiger partial charge is 0.323 e. The number of halogens is 1. The molecular formula is C21H16ClN7O3. The van der Waals surface area contributed by atoms with Gasteiger partial charge in [0.25, 0.3) is 5.91 Å². The number of nitrogens with zero attached hydrogens (tertiary/aromatic N) is 5. The zero-order valence-electron chi connectivity index (χ0n) is 16.7. The van der Waals surface area contributed by atoms with Gasteiger partial charge in [-0.1, -0.05) is 23.7 Å². The van der Waals surface area contributed by atoms with Gasteiger partial charge in [0.05, 0.1) is 23.0 Å². The van der Waals surface area contributed by atoms with Crippen LogP contribution >= 0.6 is 11.6 Å². The van der Waals surface area contributed by atoms with Crippen LogP contribution in [0.2, 0.25) is 5.02 Å². The predicted molar refractivity (Wildman–Crippen MR) is 114 cm³/mol. The largest absolute Gasteiger partial charge is 0.325 e. The van der Waals surface area contributed by atoms with Crippen molar-refractivity contribution in [2.45, 2.75) is 12.5 Å². The van der Waals surface area contributed by atoms with Crippen molar-refractivity contribution in [1.82, 2.24) is 25.0 Å². The molecule has 32 heavy (non-hydrogen) atoms. The summed E-state index contributed by atoms with van der Waals surface area (Å²) in [7, 11) is 0. The number of aromatic nitrogens is 3. The second-order valence-electron chi connectivity index (χ2n) is 7.19. The van der Waals surface area contributed by atoms with Gasteiger partial charge >= 0.3 is 6.03 Å². The van der Waals surface area contributed by atoms with Crippen molar-refractivity contribution in [3.63, 3.8) is 0 Å². The molecule has 11 heteroatoms. The van der Waals surface area contributed by atoms with E-state index in [-0.39, 0.29) is 0 Å². The van der Waals surface area contributed by atoms with Gasteiger partial charge in [-0.3, -0.25) is 14.5 Å². The fourth-order valence-corrected chi connectivity index (χ4v) is 3.58. The molecule has 4 rings (SSSR count). The van der Waals surface area contributed by atoms with Crippen LogP contribution < -0.4 is 10.6 Å². The highest BCUT2D eigenvalue weighted by Gasteiger charge is 2.49. The number of carbonyl (C=O) groups excluding carboxylic acids is 3. The van der Waals surface area contributed by atoms with E-state index in [1.165, 1.54) is 36.4 Å². The number of rotatable bonds is 5. The molecule has 1 aliphatic rings. The minimum absolute atomic E-state index is 0.338. The first-order chi connectivity index (χ1) is 15.3. The molecule has 1 atom stereocenters. The molecule has 2 heterocycles. The van der Waals surface area contributed by atoms with Crippen LogP contribution in [0.3, 0.4) is 0 Å². The number of anilines is 1. The van der Waals surface area contributed by atoms with Gasteiger partial charge in [0.2, 0.25) is 5.91 Å². The third kappa shape index (κ3) is 3.77. The van der Waals surface area contributed by atoms with Crippen LogP contribution in [0.15, 0.2) is 55.1 Å². The summed E-state index contributed by atoms with van der Waals surface area (Å²) in [5.41, 5.74) is 0.247. The molecule has 3 aromatic rings. The molecule has 1 aromatic heterocycles. The Bertz CT molecular complexity index is 1270. The Balaban J connectivity index is 1.55. The van der Waals surface area contributed by atoms with Gasteiger partial charge in [0.1, 0.15) is 24.7 Å². The molecule has 1 unspecified atom stereocenters. The summed E-state index contributed by atoms with van der Waals surface area (Å²) >= 11 is 6.06. The minimum Gasteiger partial charge on any atom is -0.323 e. The fourth-order valence-electron chi connectivity index (χ4n) is 3.41. The topological polar surface area (TPSA) is 133 Å². The van der Waals surface area contributed by atoms with Crippen LogP contribution in [0.1, 0.15) is 18.1 Å². The summed E-state index contributed by atoms with van der Waals surface area (Å²) in [6, 6.07) is 12.5. The number of amides is 4. The van der Waals surface area contributed by atoms with E-state index in [0.717, 1.165) is 4.90 Å². The average molecular weight is 450 g/mol. The van der Waals surface area contributed by atoms with Crippen molar-refractivity contribution in [3.05, 3.63) is 71.3 Å². The van der Waals surface area contributed by atoms with E-state index in [1.807, 2.05) is 6.07 Å². The van der Waals surface area contributed by atoms with Crippen LogP contribution in [0, 0.1) is 11.3 Å². The van der Waals surface area contributed by atoms with E-state index in [9.17, 15) is 14.4 Å². The number of imide groups is 1. The summed E-state index contributed by atoms with van der Waals surface area (Å²) < 4.78 is 1.44. The lowest BCUT2D eigenvalue weighted by Crippen LogP contribution is -2.42. The number of hydrogen-bond donors (Lipinski definition) is 2. The Morgan fingerprint density at radius 3 is 2.81 bits per heavy atom. The minimum atomic E-state index is -1.40. The summed E-state index contributed by atoms with van der Waals surface area (Å²) in [4.78, 5) is 43.0. The molecule has 0 radical (unpaired) electrons. The van der Waals surface area contributed by atoms with Crippen molar-refractivity contribution in [1.29, 1.82) is 5.26 Å². The summed E-state index contributed by atoms with van der Waals surface area (Å²) in [5.74, 6) is -1.21. The Morgan fingerprint density at radius 1 is 1.28 bits per heavy atom. The Kier molecular flexibility index (Phi) is 5.34. The molecule has 10 nitrogen and oxygen atoms in total. The maximum Gasteiger partial charge on any atom is 0.325 e. The van der Waals surface area contributed by atoms with Gasteiger partial charge < -0.3 is 10.6 Å². The standard InChI is InChI=1S/C21H16ClN7O3/c1-21(14-4-2-3-13(7-14)9-23)19(31)28(20(32)27-21)10-18(30)26-16-8-15(22)5-6-17(16)29-12-24-11-25-29/h2-8,11-12H,10H2,1H3,(H,26,30)(H,27,32). The zero-order chi connectivity index (χ0) is 22.9. The maximum atomic E-state index is 13.1. The van der Waals surface area contributed by atoms with E-state index in [1.54, 1.807) is 30.3 Å². The Morgan fingerprint density at radius 2 is 2.09 bits per heavy atom. The van der Waals surface area contributed by atoms with Crippen molar-refractivity contribution in [2.75, 3.05) is 11.9 Å². The first kappa shape index (κ1) is 21.0. The number of hydrogen-bond acceptors (Lipinski definition) is 6. The lowest BCUT2D eigenvalue weighted by atomic mass is 9.91. The predicted octanol–water partition coefficient (Wildman–Crippen LogP) is 2.20. The maximum absolute atomic E-state index is 13.1. The number of benzene rings is 2. The molecule has 0 saturated carbocycles. The van der Waals surface area contributed by atoms with Crippen LogP contribution in [0.25, 0.3) is 5.69 Å². The van der Waals surface area contributed by atoms with Crippen molar-refractivity contribution < 1.29 is 14.4 Å². The van der Waals surface area contributed by atoms with Crippen LogP contribution in [0.5, 0.6) is 0 Å². The zero-order valence-corrected chi connectivity index (χ0v) is 17.5. The third-order valence-corrected chi connectivity index (χ3v) is 5.28. The van der Waals surface area contributed by atoms with E-state index < -0.39 is 29.9 Å². The Hall–Kier alpha value is -4.23. The van der Waals surface area contributed by atoms with E-state index in [4.69, 9.17) is 16.9 Å². The van der Waals surface area contributed by atoms with Crippen molar-refractivity contribution >= 4 is 35.1 Å². The second kappa shape index (κ2) is 8.13. The summed E-state index contributed by atoms with van der Waals surface area (Å²) in [6.45, 7) is 1.02. The lowest BCUT2D eigenvalue weighted by Gasteiger charge is -2.22. The summed E-state index contributed by atoms with van der Waals surface area (Å²) in [6.07, 6.45) is 2.80. The normalized spacial score (nSPS) is 17.7. The monoisotopic (exact) mass is 449 g/mol. The van der Waals surface area contributed by atoms with Gasteiger partial charge in [0, 0.05) is 5.02 Å². The Labute approximate surface area is 187 Å². The quantitative estimate of drug-likeness (QED) is 0.573. The number of nitriles is 1. The lowest BCUT2D eigenvalue weighted by molar-refractivity contribution is -0.133. The van der Waals surface area contributed by atoms with Gasteiger partial charge in [-0.05, 0) is 42.8 Å². The molecule has 0 bridgehead atoms. The molecular weight excluding hydrogens is 434 g/mol. The fraction of sp³-hybridized carbons (Fsp3) is 0.143. The third-order valence-electron chi connectivity index (χ3n) is 5.04. The SMILES string of the molecule is CC1(c2cccc(C#N)c2)NC(=O)N(CC(=O)Nc2cc(Cl)ccc2-n2cncn2)C1=O. The van der Waals surface area contributed by atoms with E-state index >= 15 is 0 Å². The highest BCUT2D eigenvalue weighted by molar-refractivity contribution is 6.31. The molecule has 2 N–H and O–H groups in total. The number of nitrogens with one attached hydrogen (secondary N) is 2. The van der Waals surface area contributed by atoms with Crippen LogP contribution in [-0.2, 0) is 15.1 Å². The first-order valence-corrected chi connectivity index (χ1v) is 9.79. The first-order valence-electron chi connectivity index (χ1n) is 9.41. The summed E-state index contributed by atoms with van der Waals surface area (Å²) in [5, 5.41) is 18.8. The van der Waals surface area contributed by atoms with Crippen molar-refractivity contribution in [2.24, 2.45) is 0 Å². The molecule has 1 aliphatic heterocycles. The second-order valence-corrected chi connectivity index (χ2v) is 7.63. The average Bonchev–Trinajstić information content (AvgIpc) is 3.38. The van der Waals surface area contributed by atoms with Gasteiger partial charge in [-0.2, -0.15) is 10.4 Å². The van der Waals surface area contributed by atoms with Gasteiger partial charge in [0.15, 0.2) is 0 Å².